The van der Waals surface area contributed by atoms with Crippen molar-refractivity contribution in [3.8, 4) is 0 Å². The summed E-state index contributed by atoms with van der Waals surface area (Å²) in [6.45, 7) is 3.15. The van der Waals surface area contributed by atoms with E-state index in [2.05, 4.69) is 51.3 Å². The first-order chi connectivity index (χ1) is 9.61. The van der Waals surface area contributed by atoms with Gasteiger partial charge in [-0.05, 0) is 48.4 Å². The summed E-state index contributed by atoms with van der Waals surface area (Å²) in [4.78, 5) is 14.1. The molecule has 0 aromatic heterocycles. The fourth-order valence-corrected chi connectivity index (χ4v) is 2.86. The zero-order chi connectivity index (χ0) is 14.1. The van der Waals surface area contributed by atoms with Gasteiger partial charge >= 0.3 is 0 Å². The van der Waals surface area contributed by atoms with Crippen LogP contribution in [0.3, 0.4) is 0 Å². The zero-order valence-electron chi connectivity index (χ0n) is 11.2. The van der Waals surface area contributed by atoms with Gasteiger partial charge in [-0.1, -0.05) is 28.1 Å². The molecule has 1 heterocycles. The smallest absolute Gasteiger partial charge is 0.243 e. The van der Waals surface area contributed by atoms with E-state index in [0.717, 1.165) is 28.0 Å². The minimum Gasteiger partial charge on any atom is -0.358 e. The van der Waals surface area contributed by atoms with Crippen molar-refractivity contribution in [2.24, 2.45) is 0 Å². The van der Waals surface area contributed by atoms with Crippen LogP contribution in [0.4, 0.5) is 11.4 Å². The second-order valence-corrected chi connectivity index (χ2v) is 5.96. The van der Waals surface area contributed by atoms with E-state index in [9.17, 15) is 4.79 Å². The maximum absolute atomic E-state index is 12.0. The molecule has 0 unspecified atom stereocenters. The highest BCUT2D eigenvalue weighted by atomic mass is 79.9. The van der Waals surface area contributed by atoms with Gasteiger partial charge in [0.1, 0.15) is 0 Å². The van der Waals surface area contributed by atoms with Crippen LogP contribution >= 0.6 is 15.9 Å². The lowest BCUT2D eigenvalue weighted by Gasteiger charge is -2.22. The molecule has 3 nitrogen and oxygen atoms in total. The highest BCUT2D eigenvalue weighted by Crippen LogP contribution is 2.27. The van der Waals surface area contributed by atoms with Gasteiger partial charge in [-0.25, -0.2) is 0 Å². The molecule has 3 rings (SSSR count). The van der Waals surface area contributed by atoms with E-state index in [1.54, 1.807) is 0 Å². The molecule has 1 aliphatic heterocycles. The molecule has 1 aliphatic rings. The number of nitrogens with zero attached hydrogens (tertiary/aromatic N) is 1. The monoisotopic (exact) mass is 330 g/mol. The Kier molecular flexibility index (Phi) is 3.49. The van der Waals surface area contributed by atoms with Gasteiger partial charge in [-0.15, -0.1) is 0 Å². The molecule has 2 aromatic rings. The molecule has 0 bridgehead atoms. The number of nitrogens with one attached hydrogen (secondary N) is 1. The van der Waals surface area contributed by atoms with E-state index in [1.807, 2.05) is 24.3 Å². The average molecular weight is 331 g/mol. The molecule has 0 aliphatic carbocycles. The largest absolute Gasteiger partial charge is 0.358 e. The lowest BCUT2D eigenvalue weighted by atomic mass is 10.1. The van der Waals surface area contributed by atoms with Crippen molar-refractivity contribution in [3.05, 3.63) is 58.1 Å². The lowest BCUT2D eigenvalue weighted by Crippen LogP contribution is -2.29. The summed E-state index contributed by atoms with van der Waals surface area (Å²) in [6, 6.07) is 14.2. The number of benzene rings is 2. The molecule has 1 amide bonds. The van der Waals surface area contributed by atoms with Crippen molar-refractivity contribution in [1.82, 2.24) is 0 Å². The van der Waals surface area contributed by atoms with Crippen LogP contribution < -0.4 is 10.2 Å². The Morgan fingerprint density at radius 3 is 2.80 bits per heavy atom. The van der Waals surface area contributed by atoms with Crippen molar-refractivity contribution in [1.29, 1.82) is 0 Å². The van der Waals surface area contributed by atoms with E-state index < -0.39 is 0 Å². The van der Waals surface area contributed by atoms with Gasteiger partial charge in [0.25, 0.3) is 0 Å². The molecule has 0 radical (unpaired) electrons. The van der Waals surface area contributed by atoms with Gasteiger partial charge in [0.15, 0.2) is 0 Å². The molecule has 0 spiro atoms. The highest BCUT2D eigenvalue weighted by molar-refractivity contribution is 9.10. The standard InChI is InChI=1S/C16H15BrN2O/c1-11-3-2-4-14(7-11)19-9-12-8-13(17)5-6-15(12)18-16(20)10-19/h2-8H,9-10H2,1H3,(H,18,20). The molecule has 0 fully saturated rings. The Bertz CT molecular complexity index is 669. The summed E-state index contributed by atoms with van der Waals surface area (Å²) in [5.41, 5.74) is 4.29. The van der Waals surface area contributed by atoms with Gasteiger partial charge in [0.2, 0.25) is 5.91 Å². The molecule has 20 heavy (non-hydrogen) atoms. The Morgan fingerprint density at radius 1 is 1.15 bits per heavy atom. The normalized spacial score (nSPS) is 14.5. The number of aryl methyl sites for hydroxylation is 1. The first kappa shape index (κ1) is 13.2. The Morgan fingerprint density at radius 2 is 2.00 bits per heavy atom. The van der Waals surface area contributed by atoms with Crippen LogP contribution in [0.2, 0.25) is 0 Å². The molecular weight excluding hydrogens is 316 g/mol. The molecule has 2 aromatic carbocycles. The number of rotatable bonds is 1. The molecular formula is C16H15BrN2O. The van der Waals surface area contributed by atoms with Crippen molar-refractivity contribution in [2.45, 2.75) is 13.5 Å². The minimum atomic E-state index is 0.0209. The summed E-state index contributed by atoms with van der Waals surface area (Å²) >= 11 is 3.49. The predicted octanol–water partition coefficient (Wildman–Crippen LogP) is 3.72. The molecule has 0 atom stereocenters. The number of anilines is 2. The summed E-state index contributed by atoms with van der Waals surface area (Å²) < 4.78 is 1.02. The first-order valence-electron chi connectivity index (χ1n) is 6.52. The number of hydrogen-bond acceptors (Lipinski definition) is 2. The van der Waals surface area contributed by atoms with Crippen LogP contribution in [0, 0.1) is 6.92 Å². The van der Waals surface area contributed by atoms with E-state index >= 15 is 0 Å². The lowest BCUT2D eigenvalue weighted by molar-refractivity contribution is -0.114. The van der Waals surface area contributed by atoms with Crippen LogP contribution in [-0.4, -0.2) is 12.5 Å². The summed E-state index contributed by atoms with van der Waals surface area (Å²) in [5.74, 6) is 0.0209. The van der Waals surface area contributed by atoms with E-state index in [4.69, 9.17) is 0 Å². The van der Waals surface area contributed by atoms with Gasteiger partial charge in [0.05, 0.1) is 6.54 Å². The SMILES string of the molecule is Cc1cccc(N2CC(=O)Nc3ccc(Br)cc3C2)c1. The van der Waals surface area contributed by atoms with Crippen molar-refractivity contribution >= 4 is 33.2 Å². The zero-order valence-corrected chi connectivity index (χ0v) is 12.8. The molecule has 0 saturated carbocycles. The van der Waals surface area contributed by atoms with Gasteiger partial charge in [-0.3, -0.25) is 4.79 Å². The van der Waals surface area contributed by atoms with Crippen molar-refractivity contribution in [2.75, 3.05) is 16.8 Å². The van der Waals surface area contributed by atoms with Crippen LogP contribution in [-0.2, 0) is 11.3 Å². The first-order valence-corrected chi connectivity index (χ1v) is 7.31. The van der Waals surface area contributed by atoms with Crippen LogP contribution in [0.25, 0.3) is 0 Å². The summed E-state index contributed by atoms with van der Waals surface area (Å²) in [7, 11) is 0. The Balaban J connectivity index is 1.99. The van der Waals surface area contributed by atoms with Crippen molar-refractivity contribution < 1.29 is 4.79 Å². The maximum atomic E-state index is 12.0. The third kappa shape index (κ3) is 2.70. The minimum absolute atomic E-state index is 0.0209. The second kappa shape index (κ2) is 5.29. The summed E-state index contributed by atoms with van der Waals surface area (Å²) in [5, 5.41) is 2.96. The third-order valence-electron chi connectivity index (χ3n) is 3.40. The van der Waals surface area contributed by atoms with E-state index in [0.29, 0.717) is 6.54 Å². The number of halogens is 1. The molecule has 0 saturated heterocycles. The van der Waals surface area contributed by atoms with Gasteiger partial charge in [-0.2, -0.15) is 0 Å². The molecule has 1 N–H and O–H groups in total. The molecule has 4 heteroatoms. The van der Waals surface area contributed by atoms with Gasteiger partial charge < -0.3 is 10.2 Å². The average Bonchev–Trinajstić information content (AvgIpc) is 2.56. The summed E-state index contributed by atoms with van der Waals surface area (Å²) in [6.07, 6.45) is 0. The molecule has 102 valence electrons. The topological polar surface area (TPSA) is 32.3 Å². The fourth-order valence-electron chi connectivity index (χ4n) is 2.45. The van der Waals surface area contributed by atoms with Crippen LogP contribution in [0.15, 0.2) is 46.9 Å². The third-order valence-corrected chi connectivity index (χ3v) is 3.90. The number of hydrogen-bond donors (Lipinski definition) is 1. The van der Waals surface area contributed by atoms with Crippen molar-refractivity contribution in [3.63, 3.8) is 0 Å². The van der Waals surface area contributed by atoms with Crippen LogP contribution in [0.1, 0.15) is 11.1 Å². The van der Waals surface area contributed by atoms with E-state index in [1.165, 1.54) is 5.56 Å². The number of fused-ring (bicyclic) bond motifs is 1. The quantitative estimate of drug-likeness (QED) is 0.864. The predicted molar refractivity (Wildman–Crippen MR) is 85.0 cm³/mol. The van der Waals surface area contributed by atoms with E-state index in [-0.39, 0.29) is 5.91 Å². The Hall–Kier alpha value is -1.81. The highest BCUT2D eigenvalue weighted by Gasteiger charge is 2.19. The number of carbonyl (C=O) groups is 1. The maximum Gasteiger partial charge on any atom is 0.243 e. The fraction of sp³-hybridized carbons (Fsp3) is 0.188. The Labute approximate surface area is 126 Å². The van der Waals surface area contributed by atoms with Crippen LogP contribution in [0.5, 0.6) is 0 Å². The number of amides is 1. The van der Waals surface area contributed by atoms with Gasteiger partial charge in [0, 0.05) is 22.4 Å². The second-order valence-electron chi connectivity index (χ2n) is 5.04. The number of carbonyl (C=O) groups excluding carboxylic acids is 1.